The number of pyridine rings is 1. The van der Waals surface area contributed by atoms with Gasteiger partial charge in [0.05, 0.1) is 5.69 Å². The standard InChI is InChI=1S/C20H20N4O2/c1-15-4-6-17(7-5-15)22-19(25)3-2-14-24-20(26)9-8-18(23-24)16-10-12-21-13-11-16/h4-13H,2-3,14H2,1H3,(H,22,25). The van der Waals surface area contributed by atoms with E-state index in [1.54, 1.807) is 18.5 Å². The number of hydrogen-bond acceptors (Lipinski definition) is 4. The third-order valence-corrected chi connectivity index (χ3v) is 3.95. The summed E-state index contributed by atoms with van der Waals surface area (Å²) in [6.07, 6.45) is 4.22. The molecule has 0 saturated carbocycles. The molecule has 3 aromatic rings. The van der Waals surface area contributed by atoms with Gasteiger partial charge in [-0.25, -0.2) is 4.68 Å². The Morgan fingerprint density at radius 2 is 1.77 bits per heavy atom. The molecule has 0 bridgehead atoms. The van der Waals surface area contributed by atoms with Gasteiger partial charge in [0, 0.05) is 42.7 Å². The van der Waals surface area contributed by atoms with Gasteiger partial charge in [0.1, 0.15) is 0 Å². The molecule has 2 heterocycles. The van der Waals surface area contributed by atoms with Crippen LogP contribution in [0.25, 0.3) is 11.3 Å². The summed E-state index contributed by atoms with van der Waals surface area (Å²) >= 11 is 0. The van der Waals surface area contributed by atoms with E-state index in [-0.39, 0.29) is 11.5 Å². The van der Waals surface area contributed by atoms with Crippen molar-refractivity contribution in [2.45, 2.75) is 26.3 Å². The summed E-state index contributed by atoms with van der Waals surface area (Å²) in [6, 6.07) is 14.5. The maximum absolute atomic E-state index is 12.0. The molecule has 6 nitrogen and oxygen atoms in total. The fourth-order valence-electron chi connectivity index (χ4n) is 2.54. The SMILES string of the molecule is Cc1ccc(NC(=O)CCCn2nc(-c3ccncc3)ccc2=O)cc1. The van der Waals surface area contributed by atoms with Crippen LogP contribution in [0.15, 0.2) is 65.7 Å². The van der Waals surface area contributed by atoms with Crippen LogP contribution < -0.4 is 10.9 Å². The lowest BCUT2D eigenvalue weighted by Gasteiger charge is -2.08. The molecule has 0 fully saturated rings. The minimum atomic E-state index is -0.179. The summed E-state index contributed by atoms with van der Waals surface area (Å²) in [6.45, 7) is 2.38. The van der Waals surface area contributed by atoms with Crippen molar-refractivity contribution in [1.29, 1.82) is 0 Å². The molecular weight excluding hydrogens is 328 g/mol. The maximum Gasteiger partial charge on any atom is 0.266 e. The molecule has 3 rings (SSSR count). The van der Waals surface area contributed by atoms with Crippen LogP contribution in [-0.4, -0.2) is 20.7 Å². The van der Waals surface area contributed by atoms with Crippen LogP contribution in [0, 0.1) is 6.92 Å². The molecule has 6 heteroatoms. The molecule has 132 valence electrons. The first-order valence-electron chi connectivity index (χ1n) is 8.47. The number of nitrogens with one attached hydrogen (secondary N) is 1. The predicted molar refractivity (Wildman–Crippen MR) is 101 cm³/mol. The summed E-state index contributed by atoms with van der Waals surface area (Å²) in [5.74, 6) is -0.0767. The first kappa shape index (κ1) is 17.5. The zero-order valence-corrected chi connectivity index (χ0v) is 14.6. The van der Waals surface area contributed by atoms with E-state index in [1.165, 1.54) is 10.7 Å². The highest BCUT2D eigenvalue weighted by molar-refractivity contribution is 5.90. The van der Waals surface area contributed by atoms with Gasteiger partial charge in [0.15, 0.2) is 0 Å². The van der Waals surface area contributed by atoms with Gasteiger partial charge < -0.3 is 5.32 Å². The molecule has 0 atom stereocenters. The van der Waals surface area contributed by atoms with Crippen molar-refractivity contribution in [2.24, 2.45) is 0 Å². The molecule has 2 aromatic heterocycles. The summed E-state index contributed by atoms with van der Waals surface area (Å²) < 4.78 is 1.40. The fraction of sp³-hybridized carbons (Fsp3) is 0.200. The number of carbonyl (C=O) groups excluding carboxylic acids is 1. The van der Waals surface area contributed by atoms with E-state index in [4.69, 9.17) is 0 Å². The van der Waals surface area contributed by atoms with Crippen molar-refractivity contribution in [3.8, 4) is 11.3 Å². The molecule has 1 amide bonds. The van der Waals surface area contributed by atoms with Gasteiger partial charge in [0.25, 0.3) is 5.56 Å². The summed E-state index contributed by atoms with van der Waals surface area (Å²) in [4.78, 5) is 28.0. The van der Waals surface area contributed by atoms with Crippen LogP contribution in [0.5, 0.6) is 0 Å². The average Bonchev–Trinajstić information content (AvgIpc) is 2.66. The lowest BCUT2D eigenvalue weighted by molar-refractivity contribution is -0.116. The maximum atomic E-state index is 12.0. The Morgan fingerprint density at radius 3 is 2.50 bits per heavy atom. The normalized spacial score (nSPS) is 10.5. The molecule has 26 heavy (non-hydrogen) atoms. The third kappa shape index (κ3) is 4.63. The second-order valence-corrected chi connectivity index (χ2v) is 6.03. The number of rotatable bonds is 6. The molecule has 1 N–H and O–H groups in total. The van der Waals surface area contributed by atoms with E-state index in [0.29, 0.717) is 25.1 Å². The van der Waals surface area contributed by atoms with Crippen LogP contribution in [0.1, 0.15) is 18.4 Å². The fourth-order valence-corrected chi connectivity index (χ4v) is 2.54. The van der Waals surface area contributed by atoms with Crippen molar-refractivity contribution < 1.29 is 4.79 Å². The minimum Gasteiger partial charge on any atom is -0.326 e. The first-order valence-corrected chi connectivity index (χ1v) is 8.47. The summed E-state index contributed by atoms with van der Waals surface area (Å²) in [5, 5.41) is 7.23. The molecule has 0 aliphatic heterocycles. The highest BCUT2D eigenvalue weighted by Gasteiger charge is 2.06. The Bertz CT molecular complexity index is 934. The van der Waals surface area contributed by atoms with E-state index in [9.17, 15) is 9.59 Å². The zero-order chi connectivity index (χ0) is 18.4. The Morgan fingerprint density at radius 1 is 1.04 bits per heavy atom. The van der Waals surface area contributed by atoms with Gasteiger partial charge in [-0.3, -0.25) is 14.6 Å². The van der Waals surface area contributed by atoms with E-state index < -0.39 is 0 Å². The first-order chi connectivity index (χ1) is 12.6. The van der Waals surface area contributed by atoms with E-state index in [0.717, 1.165) is 16.8 Å². The van der Waals surface area contributed by atoms with Crippen LogP contribution in [0.3, 0.4) is 0 Å². The number of aromatic nitrogens is 3. The summed E-state index contributed by atoms with van der Waals surface area (Å²) in [7, 11) is 0. The minimum absolute atomic E-state index is 0.0767. The van der Waals surface area contributed by atoms with Gasteiger partial charge in [-0.1, -0.05) is 17.7 Å². The zero-order valence-electron chi connectivity index (χ0n) is 14.6. The Kier molecular flexibility index (Phi) is 5.53. The number of anilines is 1. The van der Waals surface area contributed by atoms with Gasteiger partial charge in [-0.2, -0.15) is 5.10 Å². The Labute approximate surface area is 151 Å². The van der Waals surface area contributed by atoms with E-state index in [1.807, 2.05) is 43.3 Å². The number of aryl methyl sites for hydroxylation is 2. The monoisotopic (exact) mass is 348 g/mol. The van der Waals surface area contributed by atoms with E-state index >= 15 is 0 Å². The number of hydrogen-bond donors (Lipinski definition) is 1. The smallest absolute Gasteiger partial charge is 0.266 e. The van der Waals surface area contributed by atoms with Crippen molar-refractivity contribution in [3.63, 3.8) is 0 Å². The highest BCUT2D eigenvalue weighted by Crippen LogP contribution is 2.13. The largest absolute Gasteiger partial charge is 0.326 e. The van der Waals surface area contributed by atoms with Crippen LogP contribution in [0.2, 0.25) is 0 Å². The van der Waals surface area contributed by atoms with Gasteiger partial charge in [-0.15, -0.1) is 0 Å². The molecule has 1 aromatic carbocycles. The van der Waals surface area contributed by atoms with Crippen molar-refractivity contribution in [2.75, 3.05) is 5.32 Å². The van der Waals surface area contributed by atoms with Crippen LogP contribution in [0.4, 0.5) is 5.69 Å². The quantitative estimate of drug-likeness (QED) is 0.743. The topological polar surface area (TPSA) is 76.9 Å². The highest BCUT2D eigenvalue weighted by atomic mass is 16.1. The Balaban J connectivity index is 1.58. The Hall–Kier alpha value is -3.28. The molecule has 0 saturated heterocycles. The predicted octanol–water partition coefficient (Wildman–Crippen LogP) is 3.03. The van der Waals surface area contributed by atoms with Gasteiger partial charge >= 0.3 is 0 Å². The number of benzene rings is 1. The molecule has 0 radical (unpaired) electrons. The second-order valence-electron chi connectivity index (χ2n) is 6.03. The van der Waals surface area contributed by atoms with Crippen molar-refractivity contribution in [1.82, 2.24) is 14.8 Å². The van der Waals surface area contributed by atoms with Crippen molar-refractivity contribution in [3.05, 3.63) is 76.8 Å². The molecular formula is C20H20N4O2. The average molecular weight is 348 g/mol. The van der Waals surface area contributed by atoms with Gasteiger partial charge in [0.2, 0.25) is 5.91 Å². The molecule has 0 unspecified atom stereocenters. The lowest BCUT2D eigenvalue weighted by atomic mass is 10.2. The second kappa shape index (κ2) is 8.20. The van der Waals surface area contributed by atoms with Crippen LogP contribution in [-0.2, 0) is 11.3 Å². The summed E-state index contributed by atoms with van der Waals surface area (Å²) in [5.41, 5.74) is 3.34. The number of carbonyl (C=O) groups is 1. The lowest BCUT2D eigenvalue weighted by Crippen LogP contribution is -2.23. The molecule has 0 aliphatic carbocycles. The van der Waals surface area contributed by atoms with Crippen molar-refractivity contribution >= 4 is 11.6 Å². The number of amides is 1. The van der Waals surface area contributed by atoms with Gasteiger partial charge in [-0.05, 0) is 43.7 Å². The molecule has 0 spiro atoms. The third-order valence-electron chi connectivity index (χ3n) is 3.95. The molecule has 0 aliphatic rings. The number of nitrogens with zero attached hydrogens (tertiary/aromatic N) is 3. The van der Waals surface area contributed by atoms with Crippen LogP contribution >= 0.6 is 0 Å². The van der Waals surface area contributed by atoms with E-state index in [2.05, 4.69) is 15.4 Å².